The molecule has 0 fully saturated rings. The largest absolute Gasteiger partial charge is 0.490 e. The summed E-state index contributed by atoms with van der Waals surface area (Å²) in [5.41, 5.74) is 3.72. The summed E-state index contributed by atoms with van der Waals surface area (Å²) >= 11 is 0. The Morgan fingerprint density at radius 1 is 0.725 bits per heavy atom. The van der Waals surface area contributed by atoms with Crippen LogP contribution in [0.1, 0.15) is 67.7 Å². The molecule has 0 N–H and O–H groups in total. The molecular formula is C32H37NO7. The van der Waals surface area contributed by atoms with Gasteiger partial charge in [-0.05, 0) is 99.8 Å². The molecule has 0 unspecified atom stereocenters. The molecule has 0 radical (unpaired) electrons. The van der Waals surface area contributed by atoms with Crippen molar-refractivity contribution in [3.8, 4) is 23.0 Å². The molecule has 1 amide bonds. The van der Waals surface area contributed by atoms with E-state index in [1.807, 2.05) is 58.0 Å². The van der Waals surface area contributed by atoms with Gasteiger partial charge in [-0.3, -0.25) is 4.79 Å². The van der Waals surface area contributed by atoms with Crippen LogP contribution in [0.2, 0.25) is 0 Å². The van der Waals surface area contributed by atoms with Crippen LogP contribution in [0.25, 0.3) is 0 Å². The van der Waals surface area contributed by atoms with Crippen molar-refractivity contribution < 1.29 is 33.3 Å². The van der Waals surface area contributed by atoms with Gasteiger partial charge in [-0.1, -0.05) is 6.07 Å². The van der Waals surface area contributed by atoms with Gasteiger partial charge in [-0.15, -0.1) is 0 Å². The minimum atomic E-state index is -0.491. The topological polar surface area (TPSA) is 83.5 Å². The Balaban J connectivity index is 1.89. The fourth-order valence-electron chi connectivity index (χ4n) is 4.93. The lowest BCUT2D eigenvalue weighted by molar-refractivity contribution is -0.118. The van der Waals surface area contributed by atoms with Crippen LogP contribution >= 0.6 is 0 Å². The van der Waals surface area contributed by atoms with E-state index in [0.29, 0.717) is 60.7 Å². The Morgan fingerprint density at radius 2 is 1.30 bits per heavy atom. The van der Waals surface area contributed by atoms with Gasteiger partial charge in [0.05, 0.1) is 51.1 Å². The molecule has 3 aromatic carbocycles. The second kappa shape index (κ2) is 13.2. The van der Waals surface area contributed by atoms with Gasteiger partial charge >= 0.3 is 5.97 Å². The van der Waals surface area contributed by atoms with E-state index in [-0.39, 0.29) is 18.9 Å². The second-order valence-corrected chi connectivity index (χ2v) is 9.05. The van der Waals surface area contributed by atoms with Gasteiger partial charge < -0.3 is 28.6 Å². The second-order valence-electron chi connectivity index (χ2n) is 9.05. The van der Waals surface area contributed by atoms with E-state index in [1.165, 1.54) is 0 Å². The minimum absolute atomic E-state index is 0.0835. The van der Waals surface area contributed by atoms with Crippen LogP contribution < -0.4 is 23.8 Å². The first-order chi connectivity index (χ1) is 19.4. The first kappa shape index (κ1) is 28.8. The van der Waals surface area contributed by atoms with Gasteiger partial charge in [0.1, 0.15) is 0 Å². The Labute approximate surface area is 235 Å². The Morgan fingerprint density at radius 3 is 1.90 bits per heavy atom. The standard InChI is InChI=1S/C32H37NO7/c1-6-36-26-16-13-22(17-27(26)37-7-2)31-25-20-29(39-9-4)28(38-8-3)18-23(25)19-30(34)33(31)24-14-11-21(12-15-24)32(35)40-10-5/h11-18,20,31H,6-10,19H2,1-5H3/t31-/m0/s1. The number of anilines is 1. The van der Waals surface area contributed by atoms with Crippen LogP contribution in [-0.4, -0.2) is 44.9 Å². The molecule has 8 nitrogen and oxygen atoms in total. The lowest BCUT2D eigenvalue weighted by Crippen LogP contribution is -2.41. The molecule has 212 valence electrons. The molecule has 0 saturated heterocycles. The summed E-state index contributed by atoms with van der Waals surface area (Å²) in [5, 5.41) is 0. The zero-order valence-corrected chi connectivity index (χ0v) is 23.8. The number of esters is 1. The number of nitrogens with zero attached hydrogens (tertiary/aromatic N) is 1. The molecular weight excluding hydrogens is 510 g/mol. The number of ether oxygens (including phenoxy) is 5. The highest BCUT2D eigenvalue weighted by Gasteiger charge is 2.36. The zero-order chi connectivity index (χ0) is 28.6. The number of amides is 1. The summed E-state index contributed by atoms with van der Waals surface area (Å²) in [6, 6.07) is 16.1. The number of fused-ring (bicyclic) bond motifs is 1. The van der Waals surface area contributed by atoms with Gasteiger partial charge in [0.25, 0.3) is 0 Å². The third-order valence-electron chi connectivity index (χ3n) is 6.51. The van der Waals surface area contributed by atoms with Crippen molar-refractivity contribution in [1.82, 2.24) is 0 Å². The van der Waals surface area contributed by atoms with E-state index in [2.05, 4.69) is 0 Å². The molecule has 40 heavy (non-hydrogen) atoms. The van der Waals surface area contributed by atoms with Crippen molar-refractivity contribution in [2.75, 3.05) is 37.9 Å². The van der Waals surface area contributed by atoms with E-state index in [4.69, 9.17) is 23.7 Å². The number of carbonyl (C=O) groups excluding carboxylic acids is 2. The van der Waals surface area contributed by atoms with E-state index in [9.17, 15) is 9.59 Å². The molecule has 0 spiro atoms. The first-order valence-electron chi connectivity index (χ1n) is 13.9. The van der Waals surface area contributed by atoms with E-state index < -0.39 is 12.0 Å². The van der Waals surface area contributed by atoms with Crippen LogP contribution in [0.4, 0.5) is 5.69 Å². The molecule has 0 bridgehead atoms. The maximum atomic E-state index is 13.8. The highest BCUT2D eigenvalue weighted by Crippen LogP contribution is 2.45. The smallest absolute Gasteiger partial charge is 0.338 e. The maximum Gasteiger partial charge on any atom is 0.338 e. The van der Waals surface area contributed by atoms with Gasteiger partial charge in [0, 0.05) is 5.69 Å². The molecule has 0 aromatic heterocycles. The first-order valence-corrected chi connectivity index (χ1v) is 13.9. The molecule has 3 aromatic rings. The van der Waals surface area contributed by atoms with Gasteiger partial charge in [-0.25, -0.2) is 4.79 Å². The minimum Gasteiger partial charge on any atom is -0.490 e. The SMILES string of the molecule is CCOC(=O)c1ccc(N2C(=O)Cc3cc(OCC)c(OCC)cc3[C@@H]2c2ccc(OCC)c(OCC)c2)cc1. The van der Waals surface area contributed by atoms with E-state index in [1.54, 1.807) is 36.1 Å². The van der Waals surface area contributed by atoms with Crippen LogP contribution in [0.15, 0.2) is 54.6 Å². The van der Waals surface area contributed by atoms with Crippen molar-refractivity contribution in [3.63, 3.8) is 0 Å². The fourth-order valence-corrected chi connectivity index (χ4v) is 4.93. The van der Waals surface area contributed by atoms with Crippen LogP contribution in [0.3, 0.4) is 0 Å². The summed E-state index contributed by atoms with van der Waals surface area (Å²) in [4.78, 5) is 27.9. The Kier molecular flexibility index (Phi) is 9.53. The van der Waals surface area contributed by atoms with Crippen LogP contribution in [-0.2, 0) is 16.0 Å². The molecule has 0 aliphatic carbocycles. The Hall–Kier alpha value is -4.20. The molecule has 1 aliphatic heterocycles. The predicted octanol–water partition coefficient (Wildman–Crippen LogP) is 6.14. The van der Waals surface area contributed by atoms with Gasteiger partial charge in [0.15, 0.2) is 23.0 Å². The van der Waals surface area contributed by atoms with Crippen molar-refractivity contribution in [2.45, 2.75) is 47.1 Å². The van der Waals surface area contributed by atoms with Crippen LogP contribution in [0.5, 0.6) is 23.0 Å². The van der Waals surface area contributed by atoms with Crippen LogP contribution in [0, 0.1) is 0 Å². The zero-order valence-electron chi connectivity index (χ0n) is 23.8. The summed E-state index contributed by atoms with van der Waals surface area (Å²) in [6.07, 6.45) is 0.188. The van der Waals surface area contributed by atoms with Gasteiger partial charge in [0.2, 0.25) is 5.91 Å². The normalized spacial score (nSPS) is 14.4. The molecule has 1 heterocycles. The number of benzene rings is 3. The monoisotopic (exact) mass is 547 g/mol. The molecule has 4 rings (SSSR count). The number of hydrogen-bond donors (Lipinski definition) is 0. The highest BCUT2D eigenvalue weighted by atomic mass is 16.5. The predicted molar refractivity (Wildman–Crippen MR) is 153 cm³/mol. The lowest BCUT2D eigenvalue weighted by Gasteiger charge is -2.38. The number of hydrogen-bond acceptors (Lipinski definition) is 7. The van der Waals surface area contributed by atoms with Crippen molar-refractivity contribution >= 4 is 17.6 Å². The van der Waals surface area contributed by atoms with Crippen molar-refractivity contribution in [3.05, 3.63) is 76.9 Å². The number of carbonyl (C=O) groups is 2. The van der Waals surface area contributed by atoms with E-state index in [0.717, 1.165) is 16.7 Å². The fraction of sp³-hybridized carbons (Fsp3) is 0.375. The average Bonchev–Trinajstić information content (AvgIpc) is 2.95. The highest BCUT2D eigenvalue weighted by molar-refractivity contribution is 5.99. The third kappa shape index (κ3) is 6.01. The van der Waals surface area contributed by atoms with Crippen molar-refractivity contribution in [1.29, 1.82) is 0 Å². The summed E-state index contributed by atoms with van der Waals surface area (Å²) < 4.78 is 28.7. The maximum absolute atomic E-state index is 13.8. The Bertz CT molecular complexity index is 1340. The van der Waals surface area contributed by atoms with Crippen molar-refractivity contribution in [2.24, 2.45) is 0 Å². The number of rotatable bonds is 12. The third-order valence-corrected chi connectivity index (χ3v) is 6.51. The summed E-state index contributed by atoms with van der Waals surface area (Å²) in [6.45, 7) is 11.7. The molecule has 1 aliphatic rings. The summed E-state index contributed by atoms with van der Waals surface area (Å²) in [5.74, 6) is 2.00. The summed E-state index contributed by atoms with van der Waals surface area (Å²) in [7, 11) is 0. The molecule has 0 saturated carbocycles. The van der Waals surface area contributed by atoms with E-state index >= 15 is 0 Å². The van der Waals surface area contributed by atoms with Gasteiger partial charge in [-0.2, -0.15) is 0 Å². The lowest BCUT2D eigenvalue weighted by atomic mass is 9.86. The molecule has 8 heteroatoms. The molecule has 1 atom stereocenters. The average molecular weight is 548 g/mol. The quantitative estimate of drug-likeness (QED) is 0.252.